The number of anilines is 1. The van der Waals surface area contributed by atoms with Gasteiger partial charge in [-0.25, -0.2) is 9.18 Å². The fourth-order valence-corrected chi connectivity index (χ4v) is 2.44. The number of hydrogen-bond donors (Lipinski definition) is 2. The van der Waals surface area contributed by atoms with Crippen LogP contribution in [0.4, 0.5) is 14.9 Å². The highest BCUT2D eigenvalue weighted by Gasteiger charge is 2.19. The number of hydrogen-bond acceptors (Lipinski definition) is 2. The summed E-state index contributed by atoms with van der Waals surface area (Å²) in [6, 6.07) is 6.07. The molecule has 1 fully saturated rings. The second-order valence-corrected chi connectivity index (χ2v) is 5.12. The Bertz CT molecular complexity index is 429. The van der Waals surface area contributed by atoms with Crippen LogP contribution in [0.15, 0.2) is 24.3 Å². The first-order valence-corrected chi connectivity index (χ1v) is 7.24. The summed E-state index contributed by atoms with van der Waals surface area (Å²) in [6.07, 6.45) is 3.54. The number of likely N-dealkylation sites (N-methyl/N-ethyl adjacent to an activating group) is 1. The number of carbonyl (C=O) groups is 1. The molecule has 4 nitrogen and oxygen atoms in total. The minimum Gasteiger partial charge on any atom is -0.323 e. The van der Waals surface area contributed by atoms with Crippen LogP contribution in [0.2, 0.25) is 0 Å². The maximum absolute atomic E-state index is 12.8. The summed E-state index contributed by atoms with van der Waals surface area (Å²) >= 11 is 0. The number of piperidine rings is 1. The highest BCUT2D eigenvalue weighted by Crippen LogP contribution is 2.12. The summed E-state index contributed by atoms with van der Waals surface area (Å²) in [4.78, 5) is 14.0. The number of rotatable bonds is 4. The van der Waals surface area contributed by atoms with Gasteiger partial charge in [-0.1, -0.05) is 6.42 Å². The molecule has 0 saturated carbocycles. The predicted molar refractivity (Wildman–Crippen MR) is 78.3 cm³/mol. The molecular weight excluding hydrogens is 257 g/mol. The van der Waals surface area contributed by atoms with Gasteiger partial charge in [-0.05, 0) is 50.6 Å². The molecule has 5 heteroatoms. The Morgan fingerprint density at radius 1 is 1.40 bits per heavy atom. The number of urea groups is 1. The van der Waals surface area contributed by atoms with E-state index in [1.54, 1.807) is 17.0 Å². The predicted octanol–water partition coefficient (Wildman–Crippen LogP) is 2.82. The smallest absolute Gasteiger partial charge is 0.321 e. The van der Waals surface area contributed by atoms with Crippen molar-refractivity contribution in [3.63, 3.8) is 0 Å². The van der Waals surface area contributed by atoms with Crippen LogP contribution >= 0.6 is 0 Å². The summed E-state index contributed by atoms with van der Waals surface area (Å²) < 4.78 is 12.8. The standard InChI is InChI=1S/C15H22FN3O/c1-2-19(11-14-5-3-4-10-17-14)15(20)18-13-8-6-12(16)7-9-13/h6-9,14,17H,2-5,10-11H2,1H3,(H,18,20). The van der Waals surface area contributed by atoms with Crippen LogP contribution in [0.1, 0.15) is 26.2 Å². The molecule has 1 unspecified atom stereocenters. The lowest BCUT2D eigenvalue weighted by Crippen LogP contribution is -2.46. The quantitative estimate of drug-likeness (QED) is 0.890. The van der Waals surface area contributed by atoms with E-state index in [1.807, 2.05) is 6.92 Å². The fourth-order valence-electron chi connectivity index (χ4n) is 2.44. The Hall–Kier alpha value is -1.62. The highest BCUT2D eigenvalue weighted by molar-refractivity contribution is 5.89. The van der Waals surface area contributed by atoms with Crippen LogP contribution in [0.25, 0.3) is 0 Å². The number of amides is 2. The molecule has 1 atom stereocenters. The lowest BCUT2D eigenvalue weighted by molar-refractivity contribution is 0.203. The van der Waals surface area contributed by atoms with Crippen LogP contribution in [0.3, 0.4) is 0 Å². The first-order chi connectivity index (χ1) is 9.69. The molecule has 2 N–H and O–H groups in total. The third kappa shape index (κ3) is 4.20. The Morgan fingerprint density at radius 3 is 2.75 bits per heavy atom. The topological polar surface area (TPSA) is 44.4 Å². The van der Waals surface area contributed by atoms with Gasteiger partial charge in [0, 0.05) is 24.8 Å². The molecule has 20 heavy (non-hydrogen) atoms. The average Bonchev–Trinajstić information content (AvgIpc) is 2.48. The van der Waals surface area contributed by atoms with Crippen molar-refractivity contribution in [2.75, 3.05) is 25.0 Å². The van der Waals surface area contributed by atoms with Crippen molar-refractivity contribution in [3.8, 4) is 0 Å². The van der Waals surface area contributed by atoms with E-state index in [0.717, 1.165) is 13.0 Å². The van der Waals surface area contributed by atoms with E-state index in [9.17, 15) is 9.18 Å². The van der Waals surface area contributed by atoms with E-state index in [-0.39, 0.29) is 11.8 Å². The van der Waals surface area contributed by atoms with Gasteiger partial charge >= 0.3 is 6.03 Å². The van der Waals surface area contributed by atoms with Crippen molar-refractivity contribution in [1.82, 2.24) is 10.2 Å². The van der Waals surface area contributed by atoms with Crippen molar-refractivity contribution in [2.45, 2.75) is 32.2 Å². The van der Waals surface area contributed by atoms with E-state index >= 15 is 0 Å². The Balaban J connectivity index is 1.89. The molecule has 0 bridgehead atoms. The largest absolute Gasteiger partial charge is 0.323 e. The van der Waals surface area contributed by atoms with E-state index in [1.165, 1.54) is 25.0 Å². The summed E-state index contributed by atoms with van der Waals surface area (Å²) in [5.41, 5.74) is 0.617. The van der Waals surface area contributed by atoms with Crippen LogP contribution in [-0.4, -0.2) is 36.6 Å². The van der Waals surface area contributed by atoms with Crippen molar-refractivity contribution < 1.29 is 9.18 Å². The zero-order chi connectivity index (χ0) is 14.4. The van der Waals surface area contributed by atoms with Crippen LogP contribution in [0.5, 0.6) is 0 Å². The Kier molecular flexibility index (Phi) is 5.35. The lowest BCUT2D eigenvalue weighted by atomic mass is 10.0. The first-order valence-electron chi connectivity index (χ1n) is 7.24. The number of carbonyl (C=O) groups excluding carboxylic acids is 1. The Labute approximate surface area is 119 Å². The summed E-state index contributed by atoms with van der Waals surface area (Å²) in [6.45, 7) is 4.36. The number of halogens is 1. The molecule has 0 spiro atoms. The molecule has 1 aromatic rings. The molecule has 1 aliphatic rings. The van der Waals surface area contributed by atoms with Crippen molar-refractivity contribution in [1.29, 1.82) is 0 Å². The molecule has 2 amide bonds. The number of benzene rings is 1. The maximum atomic E-state index is 12.8. The van der Waals surface area contributed by atoms with E-state index in [2.05, 4.69) is 10.6 Å². The summed E-state index contributed by atoms with van der Waals surface area (Å²) in [5.74, 6) is -0.304. The molecule has 0 radical (unpaired) electrons. The van der Waals surface area contributed by atoms with Crippen molar-refractivity contribution in [3.05, 3.63) is 30.1 Å². The molecule has 1 aromatic carbocycles. The van der Waals surface area contributed by atoms with Gasteiger partial charge in [0.25, 0.3) is 0 Å². The van der Waals surface area contributed by atoms with Crippen LogP contribution in [0, 0.1) is 5.82 Å². The third-order valence-electron chi connectivity index (χ3n) is 3.62. The first kappa shape index (κ1) is 14.8. The Morgan fingerprint density at radius 2 is 2.15 bits per heavy atom. The molecule has 2 rings (SSSR count). The maximum Gasteiger partial charge on any atom is 0.321 e. The van der Waals surface area contributed by atoms with E-state index < -0.39 is 0 Å². The minimum atomic E-state index is -0.304. The monoisotopic (exact) mass is 279 g/mol. The molecule has 0 aromatic heterocycles. The van der Waals surface area contributed by atoms with Crippen molar-refractivity contribution in [2.24, 2.45) is 0 Å². The lowest BCUT2D eigenvalue weighted by Gasteiger charge is -2.30. The zero-order valence-corrected chi connectivity index (χ0v) is 11.9. The van der Waals surface area contributed by atoms with E-state index in [4.69, 9.17) is 0 Å². The van der Waals surface area contributed by atoms with Gasteiger partial charge in [0.2, 0.25) is 0 Å². The molecule has 1 aliphatic heterocycles. The number of nitrogens with one attached hydrogen (secondary N) is 2. The van der Waals surface area contributed by atoms with E-state index in [0.29, 0.717) is 24.8 Å². The van der Waals surface area contributed by atoms with Gasteiger partial charge in [0.05, 0.1) is 0 Å². The van der Waals surface area contributed by atoms with Gasteiger partial charge in [0.15, 0.2) is 0 Å². The number of nitrogens with zero attached hydrogens (tertiary/aromatic N) is 1. The molecule has 0 aliphatic carbocycles. The summed E-state index contributed by atoms with van der Waals surface area (Å²) in [7, 11) is 0. The summed E-state index contributed by atoms with van der Waals surface area (Å²) in [5, 5.41) is 6.24. The SMILES string of the molecule is CCN(CC1CCCCN1)C(=O)Nc1ccc(F)cc1. The third-order valence-corrected chi connectivity index (χ3v) is 3.62. The van der Waals surface area contributed by atoms with Crippen LogP contribution in [-0.2, 0) is 0 Å². The average molecular weight is 279 g/mol. The second kappa shape index (κ2) is 7.24. The van der Waals surface area contributed by atoms with Gasteiger partial charge in [-0.2, -0.15) is 0 Å². The molecule has 110 valence electrons. The second-order valence-electron chi connectivity index (χ2n) is 5.12. The molecular formula is C15H22FN3O. The molecule has 1 saturated heterocycles. The highest BCUT2D eigenvalue weighted by atomic mass is 19.1. The van der Waals surface area contributed by atoms with Gasteiger partial charge in [-0.3, -0.25) is 0 Å². The fraction of sp³-hybridized carbons (Fsp3) is 0.533. The minimum absolute atomic E-state index is 0.133. The van der Waals surface area contributed by atoms with Crippen molar-refractivity contribution >= 4 is 11.7 Å². The van der Waals surface area contributed by atoms with Gasteiger partial charge in [0.1, 0.15) is 5.82 Å². The van der Waals surface area contributed by atoms with Gasteiger partial charge < -0.3 is 15.5 Å². The normalized spacial score (nSPS) is 18.6. The van der Waals surface area contributed by atoms with Crippen LogP contribution < -0.4 is 10.6 Å². The zero-order valence-electron chi connectivity index (χ0n) is 11.9. The van der Waals surface area contributed by atoms with Gasteiger partial charge in [-0.15, -0.1) is 0 Å². The molecule has 1 heterocycles.